The molecule has 0 aliphatic carbocycles. The molecule has 0 spiro atoms. The van der Waals surface area contributed by atoms with Gasteiger partial charge in [-0.1, -0.05) is 12.1 Å². The minimum atomic E-state index is -5.08. The minimum Gasteiger partial charge on any atom is -0.475 e. The standard InChI is InChI=1S/C14H12ClF3N8.C2HF3O2/c15-14(17,18)13-22-19-11-7-25(3-4-26(11)13)6-9-2-1-8(5-10(9)16)12-20-23-24-21-12;3-2(4,5)1(6)7/h1-2,5H,3-4,6-7H2,(H,20,21,23,24);(H,6,7). The van der Waals surface area contributed by atoms with E-state index in [1.165, 1.54) is 10.6 Å². The van der Waals surface area contributed by atoms with Crippen LogP contribution in [0.15, 0.2) is 18.2 Å². The summed E-state index contributed by atoms with van der Waals surface area (Å²) in [5, 5.41) is 24.2. The maximum Gasteiger partial charge on any atom is 0.490 e. The fourth-order valence-corrected chi connectivity index (χ4v) is 3.03. The van der Waals surface area contributed by atoms with E-state index in [-0.39, 0.29) is 13.1 Å². The third-order valence-corrected chi connectivity index (χ3v) is 4.55. The molecular weight excluding hydrogens is 486 g/mol. The largest absolute Gasteiger partial charge is 0.490 e. The van der Waals surface area contributed by atoms with E-state index in [2.05, 4.69) is 30.8 Å². The first-order valence-corrected chi connectivity index (χ1v) is 9.28. The van der Waals surface area contributed by atoms with E-state index in [1.54, 1.807) is 12.1 Å². The molecule has 0 atom stereocenters. The van der Waals surface area contributed by atoms with Crippen LogP contribution in [0.5, 0.6) is 0 Å². The molecule has 4 rings (SSSR count). The molecule has 178 valence electrons. The number of carboxylic acids is 1. The van der Waals surface area contributed by atoms with Gasteiger partial charge in [-0.05, 0) is 22.9 Å². The van der Waals surface area contributed by atoms with E-state index in [9.17, 15) is 26.3 Å². The summed E-state index contributed by atoms with van der Waals surface area (Å²) in [5.74, 6) is -3.06. The van der Waals surface area contributed by atoms with Crippen LogP contribution >= 0.6 is 11.6 Å². The number of carbonyl (C=O) groups is 1. The van der Waals surface area contributed by atoms with Gasteiger partial charge < -0.3 is 9.67 Å². The number of aromatic amines is 1. The monoisotopic (exact) mass is 498 g/mol. The predicted octanol–water partition coefficient (Wildman–Crippen LogP) is 2.53. The Balaban J connectivity index is 0.000000383. The highest BCUT2D eigenvalue weighted by Crippen LogP contribution is 2.32. The Morgan fingerprint density at radius 2 is 1.85 bits per heavy atom. The second-order valence-corrected chi connectivity index (χ2v) is 7.12. The maximum absolute atomic E-state index is 14.4. The highest BCUT2D eigenvalue weighted by molar-refractivity contribution is 6.21. The van der Waals surface area contributed by atoms with Gasteiger partial charge in [0.25, 0.3) is 0 Å². The fraction of sp³-hybridized carbons (Fsp3) is 0.375. The van der Waals surface area contributed by atoms with Crippen molar-refractivity contribution in [2.24, 2.45) is 0 Å². The molecule has 33 heavy (non-hydrogen) atoms. The van der Waals surface area contributed by atoms with Gasteiger partial charge in [0.2, 0.25) is 11.6 Å². The summed E-state index contributed by atoms with van der Waals surface area (Å²) >= 11 is 5.04. The highest BCUT2D eigenvalue weighted by Gasteiger charge is 2.38. The van der Waals surface area contributed by atoms with Gasteiger partial charge in [-0.15, -0.1) is 20.4 Å². The topological polar surface area (TPSA) is 126 Å². The van der Waals surface area contributed by atoms with Gasteiger partial charge in [0, 0.05) is 30.8 Å². The average Bonchev–Trinajstić information content (AvgIpc) is 3.38. The average molecular weight is 499 g/mol. The first-order valence-electron chi connectivity index (χ1n) is 8.90. The number of carboxylic acid groups (broad SMARTS) is 1. The SMILES string of the molecule is Fc1cc(-c2nn[nH]n2)ccc1CN1CCn2c(nnc2C(F)(F)Cl)C1.O=C(O)C(F)(F)F. The molecular formula is C16H13ClF6N8O2. The van der Waals surface area contributed by atoms with Crippen molar-refractivity contribution in [1.82, 2.24) is 40.3 Å². The highest BCUT2D eigenvalue weighted by atomic mass is 35.5. The summed E-state index contributed by atoms with van der Waals surface area (Å²) in [4.78, 5) is 10.8. The number of aliphatic carboxylic acids is 1. The number of tetrazole rings is 1. The molecule has 0 saturated heterocycles. The Kier molecular flexibility index (Phi) is 6.87. The second kappa shape index (κ2) is 9.30. The Morgan fingerprint density at radius 3 is 2.39 bits per heavy atom. The summed E-state index contributed by atoms with van der Waals surface area (Å²) in [5.41, 5.74) is 0.973. The van der Waals surface area contributed by atoms with Crippen molar-refractivity contribution < 1.29 is 36.2 Å². The van der Waals surface area contributed by atoms with Gasteiger partial charge in [0.1, 0.15) is 11.6 Å². The van der Waals surface area contributed by atoms with Crippen LogP contribution in [-0.2, 0) is 29.8 Å². The van der Waals surface area contributed by atoms with Crippen molar-refractivity contribution >= 4 is 17.6 Å². The minimum absolute atomic E-state index is 0.253. The summed E-state index contributed by atoms with van der Waals surface area (Å²) < 4.78 is 74.0. The number of benzene rings is 1. The number of nitrogens with zero attached hydrogens (tertiary/aromatic N) is 7. The quantitative estimate of drug-likeness (QED) is 0.415. The molecule has 0 radical (unpaired) electrons. The molecule has 0 saturated carbocycles. The lowest BCUT2D eigenvalue weighted by Gasteiger charge is -2.28. The Morgan fingerprint density at radius 1 is 1.15 bits per heavy atom. The van der Waals surface area contributed by atoms with E-state index in [1.807, 2.05) is 4.90 Å². The van der Waals surface area contributed by atoms with E-state index in [0.717, 1.165) is 0 Å². The van der Waals surface area contributed by atoms with Crippen molar-refractivity contribution in [3.8, 4) is 11.4 Å². The van der Waals surface area contributed by atoms with Crippen molar-refractivity contribution in [3.63, 3.8) is 0 Å². The molecule has 17 heteroatoms. The number of rotatable bonds is 4. The van der Waals surface area contributed by atoms with Crippen molar-refractivity contribution in [1.29, 1.82) is 0 Å². The summed E-state index contributed by atoms with van der Waals surface area (Å²) in [6, 6.07) is 4.67. The van der Waals surface area contributed by atoms with E-state index in [0.29, 0.717) is 35.9 Å². The number of H-pyrrole nitrogens is 1. The zero-order chi connectivity index (χ0) is 24.4. The van der Waals surface area contributed by atoms with Gasteiger partial charge in [0.05, 0.1) is 6.54 Å². The van der Waals surface area contributed by atoms with Crippen molar-refractivity contribution in [2.45, 2.75) is 31.2 Å². The molecule has 3 heterocycles. The van der Waals surface area contributed by atoms with Gasteiger partial charge in [-0.2, -0.15) is 27.2 Å². The summed E-state index contributed by atoms with van der Waals surface area (Å²) in [7, 11) is 0. The molecule has 0 fully saturated rings. The van der Waals surface area contributed by atoms with Crippen LogP contribution in [0.25, 0.3) is 11.4 Å². The van der Waals surface area contributed by atoms with Crippen LogP contribution in [0.4, 0.5) is 26.3 Å². The molecule has 0 unspecified atom stereocenters. The lowest BCUT2D eigenvalue weighted by Crippen LogP contribution is -2.35. The first-order chi connectivity index (χ1) is 15.4. The van der Waals surface area contributed by atoms with Crippen LogP contribution in [0, 0.1) is 5.82 Å². The van der Waals surface area contributed by atoms with Crippen molar-refractivity contribution in [2.75, 3.05) is 6.54 Å². The van der Waals surface area contributed by atoms with Gasteiger partial charge >= 0.3 is 17.5 Å². The lowest BCUT2D eigenvalue weighted by molar-refractivity contribution is -0.192. The zero-order valence-electron chi connectivity index (χ0n) is 16.2. The van der Waals surface area contributed by atoms with Gasteiger partial charge in [-0.3, -0.25) is 4.90 Å². The number of nitrogens with one attached hydrogen (secondary N) is 1. The molecule has 1 aliphatic heterocycles. The fourth-order valence-electron chi connectivity index (χ4n) is 2.89. The van der Waals surface area contributed by atoms with Gasteiger partial charge in [-0.25, -0.2) is 9.18 Å². The summed E-state index contributed by atoms with van der Waals surface area (Å²) in [6.45, 7) is 1.27. The molecule has 1 aromatic carbocycles. The lowest BCUT2D eigenvalue weighted by atomic mass is 10.1. The van der Waals surface area contributed by atoms with E-state index >= 15 is 0 Å². The smallest absolute Gasteiger partial charge is 0.475 e. The number of fused-ring (bicyclic) bond motifs is 1. The van der Waals surface area contributed by atoms with Crippen molar-refractivity contribution in [3.05, 3.63) is 41.2 Å². The zero-order valence-corrected chi connectivity index (χ0v) is 16.9. The van der Waals surface area contributed by atoms with Crippen LogP contribution in [0.2, 0.25) is 0 Å². The predicted molar refractivity (Wildman–Crippen MR) is 97.1 cm³/mol. The first kappa shape index (κ1) is 24.4. The van der Waals surface area contributed by atoms with Crippen LogP contribution in [-0.4, -0.2) is 64.1 Å². The Bertz CT molecular complexity index is 1120. The Hall–Kier alpha value is -3.27. The molecule has 2 N–H and O–H groups in total. The number of alkyl halides is 6. The number of hydrogen-bond acceptors (Lipinski definition) is 7. The second-order valence-electron chi connectivity index (χ2n) is 6.64. The van der Waals surface area contributed by atoms with Crippen LogP contribution in [0.3, 0.4) is 0 Å². The molecule has 2 aromatic heterocycles. The summed E-state index contributed by atoms with van der Waals surface area (Å²) in [6.07, 6.45) is -5.08. The Labute approximate surface area is 185 Å². The third-order valence-electron chi connectivity index (χ3n) is 4.38. The normalized spacial score (nSPS) is 14.4. The van der Waals surface area contributed by atoms with E-state index in [4.69, 9.17) is 21.5 Å². The molecule has 3 aromatic rings. The molecule has 0 bridgehead atoms. The number of hydrogen-bond donors (Lipinski definition) is 2. The third kappa shape index (κ3) is 5.95. The molecule has 10 nitrogen and oxygen atoms in total. The van der Waals surface area contributed by atoms with Gasteiger partial charge in [0.15, 0.2) is 0 Å². The maximum atomic E-state index is 14.4. The number of halogens is 7. The van der Waals surface area contributed by atoms with E-state index < -0.39 is 29.2 Å². The van der Waals surface area contributed by atoms with Crippen LogP contribution < -0.4 is 0 Å². The number of aromatic nitrogens is 7. The molecule has 0 amide bonds. The molecule has 1 aliphatic rings. The van der Waals surface area contributed by atoms with Crippen LogP contribution in [0.1, 0.15) is 17.2 Å².